The lowest BCUT2D eigenvalue weighted by Gasteiger charge is -2.43. The van der Waals surface area contributed by atoms with Crippen molar-refractivity contribution in [1.29, 1.82) is 0 Å². The molecule has 2 heterocycles. The van der Waals surface area contributed by atoms with Crippen molar-refractivity contribution in [2.75, 3.05) is 26.2 Å². The molecule has 0 radical (unpaired) electrons. The first-order chi connectivity index (χ1) is 8.33. The molecule has 1 N–H and O–H groups in total. The van der Waals surface area contributed by atoms with Gasteiger partial charge in [-0.15, -0.1) is 0 Å². The average molecular weight is 236 g/mol. The first-order valence-corrected chi connectivity index (χ1v) is 7.32. The summed E-state index contributed by atoms with van der Waals surface area (Å²) in [5.74, 6) is 2.27. The number of carbonyl (C=O) groups excluding carboxylic acids is 1. The zero-order valence-corrected chi connectivity index (χ0v) is 10.7. The van der Waals surface area contributed by atoms with Crippen LogP contribution < -0.4 is 5.32 Å². The molecule has 3 nitrogen and oxygen atoms in total. The zero-order valence-electron chi connectivity index (χ0n) is 10.7. The van der Waals surface area contributed by atoms with Crippen LogP contribution in [0.3, 0.4) is 0 Å². The molecule has 17 heavy (non-hydrogen) atoms. The lowest BCUT2D eigenvalue weighted by atomic mass is 9.83. The van der Waals surface area contributed by atoms with Gasteiger partial charge in [0.2, 0.25) is 5.91 Å². The van der Waals surface area contributed by atoms with Crippen LogP contribution >= 0.6 is 0 Å². The van der Waals surface area contributed by atoms with Gasteiger partial charge >= 0.3 is 0 Å². The van der Waals surface area contributed by atoms with Crippen molar-refractivity contribution in [2.45, 2.75) is 38.5 Å². The van der Waals surface area contributed by atoms with Gasteiger partial charge in [0, 0.05) is 19.0 Å². The molecule has 2 saturated heterocycles. The molecular weight excluding hydrogens is 212 g/mol. The van der Waals surface area contributed by atoms with E-state index in [0.717, 1.165) is 50.9 Å². The van der Waals surface area contributed by atoms with Gasteiger partial charge in [-0.3, -0.25) is 4.79 Å². The van der Waals surface area contributed by atoms with E-state index < -0.39 is 0 Å². The third-order valence-corrected chi connectivity index (χ3v) is 4.76. The second-order valence-electron chi connectivity index (χ2n) is 6.20. The van der Waals surface area contributed by atoms with Crippen molar-refractivity contribution in [3.8, 4) is 0 Å². The highest BCUT2D eigenvalue weighted by Crippen LogP contribution is 2.29. The highest BCUT2D eigenvalue weighted by atomic mass is 16.2. The molecular formula is C14H24N2O. The van der Waals surface area contributed by atoms with Crippen LogP contribution in [-0.4, -0.2) is 37.0 Å². The Balaban J connectivity index is 1.61. The minimum absolute atomic E-state index is 0.357. The van der Waals surface area contributed by atoms with Crippen LogP contribution in [0.15, 0.2) is 0 Å². The van der Waals surface area contributed by atoms with Crippen LogP contribution in [0.4, 0.5) is 0 Å². The van der Waals surface area contributed by atoms with Crippen molar-refractivity contribution >= 4 is 5.91 Å². The minimum atomic E-state index is 0.357. The monoisotopic (exact) mass is 236 g/mol. The molecule has 2 unspecified atom stereocenters. The smallest absolute Gasteiger partial charge is 0.225 e. The Morgan fingerprint density at radius 3 is 2.29 bits per heavy atom. The Kier molecular flexibility index (Phi) is 3.37. The number of fused-ring (bicyclic) bond motifs is 2. The molecule has 3 aliphatic rings. The topological polar surface area (TPSA) is 32.3 Å². The average Bonchev–Trinajstić information content (AvgIpc) is 2.38. The molecule has 0 aromatic rings. The van der Waals surface area contributed by atoms with E-state index in [9.17, 15) is 4.79 Å². The standard InChI is InChI=1S/C14H24N2O/c17-14(13-4-2-1-3-5-13)16-9-11-6-12(10-16)8-15-7-11/h11-13,15H,1-10H2. The Morgan fingerprint density at radius 1 is 1.00 bits per heavy atom. The quantitative estimate of drug-likeness (QED) is 0.750. The van der Waals surface area contributed by atoms with Crippen molar-refractivity contribution in [1.82, 2.24) is 10.2 Å². The minimum Gasteiger partial charge on any atom is -0.342 e. The SMILES string of the molecule is O=C(C1CCCCC1)N1CC2CNCC(C2)C1. The number of rotatable bonds is 1. The molecule has 2 atom stereocenters. The number of hydrogen-bond acceptors (Lipinski definition) is 2. The number of likely N-dealkylation sites (tertiary alicyclic amines) is 1. The van der Waals surface area contributed by atoms with E-state index in [1.54, 1.807) is 0 Å². The molecule has 1 aliphatic carbocycles. The predicted octanol–water partition coefficient (Wildman–Crippen LogP) is 1.63. The van der Waals surface area contributed by atoms with E-state index in [0.29, 0.717) is 11.8 Å². The maximum atomic E-state index is 12.5. The lowest BCUT2D eigenvalue weighted by Crippen LogP contribution is -2.54. The van der Waals surface area contributed by atoms with Crippen molar-refractivity contribution in [2.24, 2.45) is 17.8 Å². The van der Waals surface area contributed by atoms with Crippen LogP contribution in [-0.2, 0) is 4.79 Å². The molecule has 96 valence electrons. The summed E-state index contributed by atoms with van der Waals surface area (Å²) in [5, 5.41) is 3.49. The van der Waals surface area contributed by atoms with Crippen LogP contribution in [0, 0.1) is 17.8 Å². The van der Waals surface area contributed by atoms with E-state index in [-0.39, 0.29) is 0 Å². The fourth-order valence-corrected chi connectivity index (χ4v) is 3.89. The second-order valence-corrected chi connectivity index (χ2v) is 6.20. The van der Waals surface area contributed by atoms with E-state index in [4.69, 9.17) is 0 Å². The number of nitrogens with zero attached hydrogens (tertiary/aromatic N) is 1. The summed E-state index contributed by atoms with van der Waals surface area (Å²) >= 11 is 0. The summed E-state index contributed by atoms with van der Waals surface area (Å²) in [6.07, 6.45) is 7.48. The first-order valence-electron chi connectivity index (χ1n) is 7.32. The number of carbonyl (C=O) groups is 1. The maximum Gasteiger partial charge on any atom is 0.225 e. The molecule has 0 aromatic heterocycles. The third kappa shape index (κ3) is 2.49. The Morgan fingerprint density at radius 2 is 1.65 bits per heavy atom. The third-order valence-electron chi connectivity index (χ3n) is 4.76. The fourth-order valence-electron chi connectivity index (χ4n) is 3.89. The summed E-state index contributed by atoms with van der Waals surface area (Å²) in [4.78, 5) is 14.7. The van der Waals surface area contributed by atoms with Gasteiger partial charge < -0.3 is 10.2 Å². The van der Waals surface area contributed by atoms with Crippen LogP contribution in [0.1, 0.15) is 38.5 Å². The van der Waals surface area contributed by atoms with Gasteiger partial charge in [0.05, 0.1) is 0 Å². The molecule has 2 bridgehead atoms. The molecule has 3 fully saturated rings. The summed E-state index contributed by atoms with van der Waals surface area (Å²) in [6, 6.07) is 0. The Bertz CT molecular complexity index is 274. The summed E-state index contributed by atoms with van der Waals surface area (Å²) in [6.45, 7) is 4.26. The van der Waals surface area contributed by atoms with Crippen LogP contribution in [0.2, 0.25) is 0 Å². The molecule has 3 rings (SSSR count). The lowest BCUT2D eigenvalue weighted by molar-refractivity contribution is -0.140. The van der Waals surface area contributed by atoms with Gasteiger partial charge in [-0.05, 0) is 44.2 Å². The largest absolute Gasteiger partial charge is 0.342 e. The molecule has 0 spiro atoms. The van der Waals surface area contributed by atoms with Gasteiger partial charge in [0.25, 0.3) is 0 Å². The van der Waals surface area contributed by atoms with Crippen molar-refractivity contribution in [3.63, 3.8) is 0 Å². The number of amides is 1. The van der Waals surface area contributed by atoms with Gasteiger partial charge in [0.15, 0.2) is 0 Å². The molecule has 0 aromatic carbocycles. The van der Waals surface area contributed by atoms with E-state index >= 15 is 0 Å². The fraction of sp³-hybridized carbons (Fsp3) is 0.929. The predicted molar refractivity (Wildman–Crippen MR) is 67.6 cm³/mol. The second kappa shape index (κ2) is 4.97. The van der Waals surface area contributed by atoms with Crippen LogP contribution in [0.5, 0.6) is 0 Å². The Labute approximate surface area is 104 Å². The number of nitrogens with one attached hydrogen (secondary N) is 1. The summed E-state index contributed by atoms with van der Waals surface area (Å²) in [5.41, 5.74) is 0. The van der Waals surface area contributed by atoms with E-state index in [2.05, 4.69) is 10.2 Å². The molecule has 1 amide bonds. The van der Waals surface area contributed by atoms with Gasteiger partial charge in [0.1, 0.15) is 0 Å². The molecule has 3 heteroatoms. The van der Waals surface area contributed by atoms with Gasteiger partial charge in [-0.1, -0.05) is 19.3 Å². The van der Waals surface area contributed by atoms with Crippen molar-refractivity contribution in [3.05, 3.63) is 0 Å². The summed E-state index contributed by atoms with van der Waals surface area (Å²) in [7, 11) is 0. The van der Waals surface area contributed by atoms with Crippen molar-refractivity contribution < 1.29 is 4.79 Å². The maximum absolute atomic E-state index is 12.5. The van der Waals surface area contributed by atoms with E-state index in [1.807, 2.05) is 0 Å². The molecule has 2 aliphatic heterocycles. The van der Waals surface area contributed by atoms with E-state index in [1.165, 1.54) is 25.7 Å². The zero-order chi connectivity index (χ0) is 11.7. The summed E-state index contributed by atoms with van der Waals surface area (Å²) < 4.78 is 0. The van der Waals surface area contributed by atoms with Gasteiger partial charge in [-0.2, -0.15) is 0 Å². The number of hydrogen-bond donors (Lipinski definition) is 1. The highest BCUT2D eigenvalue weighted by Gasteiger charge is 2.35. The number of piperidine rings is 2. The molecule has 1 saturated carbocycles. The first kappa shape index (κ1) is 11.5. The normalized spacial score (nSPS) is 34.7. The van der Waals surface area contributed by atoms with Gasteiger partial charge in [-0.25, -0.2) is 0 Å². The highest BCUT2D eigenvalue weighted by molar-refractivity contribution is 5.79. The van der Waals surface area contributed by atoms with Crippen LogP contribution in [0.25, 0.3) is 0 Å². The Hall–Kier alpha value is -0.570.